The molecular weight excluding hydrogens is 721 g/mol. The zero-order chi connectivity index (χ0) is 38.9. The van der Waals surface area contributed by atoms with Crippen molar-refractivity contribution in [2.45, 2.75) is 0 Å². The van der Waals surface area contributed by atoms with Gasteiger partial charge in [0, 0.05) is 51.2 Å². The van der Waals surface area contributed by atoms with Gasteiger partial charge in [0.05, 0.1) is 5.69 Å². The van der Waals surface area contributed by atoms with E-state index < -0.39 is 0 Å². The Bertz CT molecular complexity index is 3330. The van der Waals surface area contributed by atoms with Crippen LogP contribution in [0.25, 0.3) is 82.7 Å². The molecule has 10 aromatic rings. The molecule has 278 valence electrons. The monoisotopic (exact) mass is 756 g/mol. The van der Waals surface area contributed by atoms with Crippen molar-refractivity contribution in [1.29, 1.82) is 0 Å². The summed E-state index contributed by atoms with van der Waals surface area (Å²) in [5.41, 5.74) is 12.0. The van der Waals surface area contributed by atoms with Gasteiger partial charge in [0.15, 0.2) is 5.58 Å². The Morgan fingerprint density at radius 1 is 0.475 bits per heavy atom. The van der Waals surface area contributed by atoms with Gasteiger partial charge in [-0.2, -0.15) is 0 Å². The van der Waals surface area contributed by atoms with Crippen LogP contribution in [0, 0.1) is 11.8 Å². The third kappa shape index (κ3) is 5.72. The molecule has 0 bridgehead atoms. The van der Waals surface area contributed by atoms with Crippen LogP contribution >= 0.6 is 0 Å². The van der Waals surface area contributed by atoms with Gasteiger partial charge in [0.2, 0.25) is 5.89 Å². The number of allylic oxidation sites excluding steroid dienone is 8. The first-order chi connectivity index (χ1) is 29.2. The largest absolute Gasteiger partial charge is 0.456 e. The van der Waals surface area contributed by atoms with Crippen LogP contribution in [-0.4, -0.2) is 4.98 Å². The van der Waals surface area contributed by atoms with E-state index in [1.807, 2.05) is 12.1 Å². The number of fused-ring (bicyclic) bond motifs is 7. The van der Waals surface area contributed by atoms with Crippen molar-refractivity contribution in [2.24, 2.45) is 11.8 Å². The standard InChI is InChI=1S/C55H36N2O2/c1-2-11-35(12-3-1)37-23-25-44(26-24-37)57(50-19-9-8-17-46(50)41-22-21-36-13-4-5-14-38(36)29-41)45-27-28-47-52(34-45)58-51-20-10-18-48(54(47)51)55-56-49-32-42-30-39-15-6-7-16-40(39)31-43(42)33-53(49)59-55/h1-34,36,38H. The lowest BCUT2D eigenvalue weighted by Crippen LogP contribution is -2.14. The number of hydrogen-bond donors (Lipinski definition) is 0. The topological polar surface area (TPSA) is 42.4 Å². The van der Waals surface area contributed by atoms with E-state index in [0.29, 0.717) is 17.7 Å². The Hall–Kier alpha value is -7.69. The predicted molar refractivity (Wildman–Crippen MR) is 244 cm³/mol. The van der Waals surface area contributed by atoms with E-state index in [0.717, 1.165) is 66.4 Å². The molecule has 0 aliphatic heterocycles. The summed E-state index contributed by atoms with van der Waals surface area (Å²) in [6.45, 7) is 0. The molecule has 8 aromatic carbocycles. The third-order valence-electron chi connectivity index (χ3n) is 12.0. The maximum atomic E-state index is 6.71. The van der Waals surface area contributed by atoms with Crippen LogP contribution < -0.4 is 4.90 Å². The molecule has 2 unspecified atom stereocenters. The van der Waals surface area contributed by atoms with Crippen LogP contribution in [0.5, 0.6) is 0 Å². The molecule has 2 aliphatic carbocycles. The molecule has 2 aliphatic rings. The van der Waals surface area contributed by atoms with Gasteiger partial charge in [-0.3, -0.25) is 0 Å². The van der Waals surface area contributed by atoms with Gasteiger partial charge in [0.25, 0.3) is 0 Å². The van der Waals surface area contributed by atoms with Crippen LogP contribution in [0.1, 0.15) is 5.56 Å². The van der Waals surface area contributed by atoms with Crippen molar-refractivity contribution < 1.29 is 8.83 Å². The third-order valence-corrected chi connectivity index (χ3v) is 12.0. The molecule has 0 radical (unpaired) electrons. The van der Waals surface area contributed by atoms with Gasteiger partial charge in [-0.15, -0.1) is 0 Å². The summed E-state index contributed by atoms with van der Waals surface area (Å²) in [7, 11) is 0. The number of para-hydroxylation sites is 1. The smallest absolute Gasteiger partial charge is 0.228 e. The van der Waals surface area contributed by atoms with Crippen LogP contribution in [0.2, 0.25) is 0 Å². The minimum atomic E-state index is 0.327. The summed E-state index contributed by atoms with van der Waals surface area (Å²) in [5.74, 6) is 1.28. The predicted octanol–water partition coefficient (Wildman–Crippen LogP) is 15.1. The molecule has 4 heteroatoms. The molecule has 12 rings (SSSR count). The van der Waals surface area contributed by atoms with E-state index in [9.17, 15) is 0 Å². The number of aromatic nitrogens is 1. The Kier molecular flexibility index (Phi) is 7.63. The highest BCUT2D eigenvalue weighted by atomic mass is 16.3. The quantitative estimate of drug-likeness (QED) is 0.158. The maximum absolute atomic E-state index is 6.71. The first kappa shape index (κ1) is 33.4. The fourth-order valence-electron chi connectivity index (χ4n) is 9.04. The van der Waals surface area contributed by atoms with E-state index in [1.165, 1.54) is 33.0 Å². The van der Waals surface area contributed by atoms with Gasteiger partial charge in [-0.05, 0) is 105 Å². The lowest BCUT2D eigenvalue weighted by molar-refractivity contribution is 0.620. The average molecular weight is 757 g/mol. The summed E-state index contributed by atoms with van der Waals surface area (Å²) in [4.78, 5) is 7.40. The molecule has 0 saturated carbocycles. The van der Waals surface area contributed by atoms with Crippen LogP contribution in [-0.2, 0) is 0 Å². The molecule has 2 heterocycles. The van der Waals surface area contributed by atoms with Crippen molar-refractivity contribution in [3.05, 3.63) is 212 Å². The van der Waals surface area contributed by atoms with Gasteiger partial charge in [-0.25, -0.2) is 4.98 Å². The minimum Gasteiger partial charge on any atom is -0.456 e. The number of nitrogens with zero attached hydrogens (tertiary/aromatic N) is 2. The highest BCUT2D eigenvalue weighted by molar-refractivity contribution is 6.13. The van der Waals surface area contributed by atoms with Gasteiger partial charge < -0.3 is 13.7 Å². The first-order valence-electron chi connectivity index (χ1n) is 20.2. The summed E-state index contributed by atoms with van der Waals surface area (Å²) in [6, 6.07) is 57.9. The van der Waals surface area contributed by atoms with Crippen LogP contribution in [0.4, 0.5) is 17.1 Å². The van der Waals surface area contributed by atoms with Gasteiger partial charge in [0.1, 0.15) is 16.7 Å². The molecule has 59 heavy (non-hydrogen) atoms. The van der Waals surface area contributed by atoms with Crippen molar-refractivity contribution in [1.82, 2.24) is 4.98 Å². The number of rotatable bonds is 6. The normalized spacial score (nSPS) is 16.0. The first-order valence-corrected chi connectivity index (χ1v) is 20.2. The summed E-state index contributed by atoms with van der Waals surface area (Å²) in [5, 5.41) is 6.67. The summed E-state index contributed by atoms with van der Waals surface area (Å²) in [6.07, 6.45) is 15.9. The maximum Gasteiger partial charge on any atom is 0.228 e. The van der Waals surface area contributed by atoms with Gasteiger partial charge in [-0.1, -0.05) is 134 Å². The second-order valence-corrected chi connectivity index (χ2v) is 15.5. The Morgan fingerprint density at radius 3 is 2.03 bits per heavy atom. The summed E-state index contributed by atoms with van der Waals surface area (Å²) >= 11 is 0. The molecule has 0 N–H and O–H groups in total. The van der Waals surface area contributed by atoms with Crippen molar-refractivity contribution in [3.63, 3.8) is 0 Å². The highest BCUT2D eigenvalue weighted by Gasteiger charge is 2.24. The van der Waals surface area contributed by atoms with Crippen LogP contribution in [0.3, 0.4) is 0 Å². The molecule has 2 atom stereocenters. The number of hydrogen-bond acceptors (Lipinski definition) is 4. The van der Waals surface area contributed by atoms with E-state index in [-0.39, 0.29) is 0 Å². The zero-order valence-electron chi connectivity index (χ0n) is 32.0. The van der Waals surface area contributed by atoms with E-state index in [4.69, 9.17) is 13.8 Å². The van der Waals surface area contributed by atoms with E-state index >= 15 is 0 Å². The Morgan fingerprint density at radius 2 is 1.19 bits per heavy atom. The lowest BCUT2D eigenvalue weighted by Gasteiger charge is -2.30. The van der Waals surface area contributed by atoms with Gasteiger partial charge >= 0.3 is 0 Å². The van der Waals surface area contributed by atoms with Crippen LogP contribution in [0.15, 0.2) is 215 Å². The van der Waals surface area contributed by atoms with Crippen molar-refractivity contribution in [2.75, 3.05) is 4.90 Å². The lowest BCUT2D eigenvalue weighted by atomic mass is 9.81. The number of oxazole rings is 1. The number of furan rings is 1. The molecule has 0 spiro atoms. The molecule has 2 aromatic heterocycles. The van der Waals surface area contributed by atoms with E-state index in [1.54, 1.807) is 0 Å². The Labute approximate surface area is 341 Å². The fraction of sp³-hybridized carbons (Fsp3) is 0.0364. The van der Waals surface area contributed by atoms with Crippen molar-refractivity contribution >= 4 is 77.2 Å². The second kappa shape index (κ2) is 13.5. The molecule has 0 saturated heterocycles. The molecule has 4 nitrogen and oxygen atoms in total. The fourth-order valence-corrected chi connectivity index (χ4v) is 9.04. The molecular formula is C55H36N2O2. The summed E-state index contributed by atoms with van der Waals surface area (Å²) < 4.78 is 13.3. The molecule has 0 fully saturated rings. The molecule has 0 amide bonds. The number of benzene rings is 8. The minimum absolute atomic E-state index is 0.327. The van der Waals surface area contributed by atoms with E-state index in [2.05, 4.69) is 199 Å². The van der Waals surface area contributed by atoms with Crippen molar-refractivity contribution in [3.8, 4) is 22.6 Å². The average Bonchev–Trinajstić information content (AvgIpc) is 3.89. The zero-order valence-corrected chi connectivity index (χ0v) is 32.0. The Balaban J connectivity index is 0.990. The number of anilines is 3. The highest BCUT2D eigenvalue weighted by Crippen LogP contribution is 2.45. The second-order valence-electron chi connectivity index (χ2n) is 15.5. The SMILES string of the molecule is C1=CC2C=CC(c3ccccc3N(c3ccc(-c4ccccc4)cc3)c3ccc4c(c3)oc3cccc(-c5nc6cc7cc8ccccc8cc7cc6o5)c34)=CC2C=C1.